The maximum Gasteiger partial charge on any atom is 0.275 e. The summed E-state index contributed by atoms with van der Waals surface area (Å²) in [5.74, 6) is 0.0816. The van der Waals surface area contributed by atoms with E-state index < -0.39 is 0 Å². The monoisotopic (exact) mass is 344 g/mol. The van der Waals surface area contributed by atoms with Crippen molar-refractivity contribution in [3.05, 3.63) is 65.2 Å². The highest BCUT2D eigenvalue weighted by molar-refractivity contribution is 6.31. The lowest BCUT2D eigenvalue weighted by Gasteiger charge is -2.33. The first-order valence-electron chi connectivity index (χ1n) is 8.36. The fourth-order valence-corrected chi connectivity index (χ4v) is 3.22. The molecule has 1 aliphatic rings. The summed E-state index contributed by atoms with van der Waals surface area (Å²) in [6.07, 6.45) is 0. The summed E-state index contributed by atoms with van der Waals surface area (Å²) in [5, 5.41) is 3.67. The lowest BCUT2D eigenvalue weighted by molar-refractivity contribution is -0.892. The molecule has 1 saturated heterocycles. The van der Waals surface area contributed by atoms with E-state index in [0.717, 1.165) is 31.7 Å². The molecule has 2 aromatic rings. The van der Waals surface area contributed by atoms with Crippen LogP contribution in [0.1, 0.15) is 5.56 Å². The van der Waals surface area contributed by atoms with Crippen LogP contribution in [-0.2, 0) is 11.3 Å². The number of quaternary nitrogens is 1. The Bertz CT molecular complexity index is 669. The van der Waals surface area contributed by atoms with Gasteiger partial charge in [0.1, 0.15) is 0 Å². The predicted octanol–water partition coefficient (Wildman–Crippen LogP) is 1.36. The molecule has 0 atom stereocenters. The van der Waals surface area contributed by atoms with Crippen LogP contribution in [0.2, 0.25) is 5.02 Å². The van der Waals surface area contributed by atoms with Crippen molar-refractivity contribution in [2.24, 2.45) is 0 Å². The van der Waals surface area contributed by atoms with E-state index in [9.17, 15) is 4.79 Å². The van der Waals surface area contributed by atoms with E-state index in [-0.39, 0.29) is 5.91 Å². The zero-order chi connectivity index (χ0) is 16.8. The van der Waals surface area contributed by atoms with Gasteiger partial charge in [-0.1, -0.05) is 48.0 Å². The number of hydrogen-bond acceptors (Lipinski definition) is 2. The minimum Gasteiger partial charge on any atom is -0.360 e. The average molecular weight is 345 g/mol. The largest absolute Gasteiger partial charge is 0.360 e. The van der Waals surface area contributed by atoms with Crippen molar-refractivity contribution < 1.29 is 9.69 Å². The average Bonchev–Trinajstić information content (AvgIpc) is 2.62. The highest BCUT2D eigenvalue weighted by atomic mass is 35.5. The number of para-hydroxylation sites is 1. The van der Waals surface area contributed by atoms with E-state index in [1.165, 1.54) is 10.6 Å². The Labute approximate surface area is 148 Å². The molecule has 2 N–H and O–H groups in total. The second-order valence-corrected chi connectivity index (χ2v) is 6.52. The minimum atomic E-state index is 0.0816. The van der Waals surface area contributed by atoms with Crippen LogP contribution in [0.5, 0.6) is 0 Å². The number of piperazine rings is 1. The van der Waals surface area contributed by atoms with Gasteiger partial charge in [0.25, 0.3) is 5.91 Å². The summed E-state index contributed by atoms with van der Waals surface area (Å²) >= 11 is 6.11. The zero-order valence-corrected chi connectivity index (χ0v) is 14.4. The quantitative estimate of drug-likeness (QED) is 0.859. The number of amides is 1. The third-order valence-electron chi connectivity index (χ3n) is 4.44. The molecular formula is C19H23ClN3O+. The SMILES string of the molecule is O=C(C[NH+]1CCN(c2ccccc2)CC1)NCc1ccccc1Cl. The van der Waals surface area contributed by atoms with Crippen LogP contribution < -0.4 is 15.1 Å². The number of nitrogens with one attached hydrogen (secondary N) is 2. The molecule has 24 heavy (non-hydrogen) atoms. The van der Waals surface area contributed by atoms with Crippen LogP contribution in [0.3, 0.4) is 0 Å². The van der Waals surface area contributed by atoms with Gasteiger partial charge >= 0.3 is 0 Å². The molecule has 0 bridgehead atoms. The molecule has 0 aliphatic carbocycles. The summed E-state index contributed by atoms with van der Waals surface area (Å²) in [5.41, 5.74) is 2.22. The maximum absolute atomic E-state index is 12.2. The van der Waals surface area contributed by atoms with E-state index in [2.05, 4.69) is 34.5 Å². The number of anilines is 1. The molecule has 1 aliphatic heterocycles. The molecule has 4 nitrogen and oxygen atoms in total. The molecule has 0 aromatic heterocycles. The van der Waals surface area contributed by atoms with Crippen molar-refractivity contribution in [3.8, 4) is 0 Å². The van der Waals surface area contributed by atoms with Crippen LogP contribution in [0.25, 0.3) is 0 Å². The Morgan fingerprint density at radius 1 is 1.04 bits per heavy atom. The molecule has 5 heteroatoms. The summed E-state index contributed by atoms with van der Waals surface area (Å²) in [6, 6.07) is 18.1. The summed E-state index contributed by atoms with van der Waals surface area (Å²) < 4.78 is 0. The number of carbonyl (C=O) groups is 1. The summed E-state index contributed by atoms with van der Waals surface area (Å²) in [4.78, 5) is 15.9. The Hall–Kier alpha value is -2.04. The van der Waals surface area contributed by atoms with Gasteiger partial charge < -0.3 is 15.1 Å². The third-order valence-corrected chi connectivity index (χ3v) is 4.81. The van der Waals surface area contributed by atoms with Crippen LogP contribution in [0, 0.1) is 0 Å². The molecular weight excluding hydrogens is 322 g/mol. The van der Waals surface area contributed by atoms with E-state index in [4.69, 9.17) is 11.6 Å². The highest BCUT2D eigenvalue weighted by Gasteiger charge is 2.22. The summed E-state index contributed by atoms with van der Waals surface area (Å²) in [6.45, 7) is 4.94. The van der Waals surface area contributed by atoms with E-state index in [1.54, 1.807) is 0 Å². The van der Waals surface area contributed by atoms with Gasteiger partial charge in [-0.05, 0) is 23.8 Å². The topological polar surface area (TPSA) is 36.8 Å². The van der Waals surface area contributed by atoms with Crippen molar-refractivity contribution in [2.45, 2.75) is 6.54 Å². The Morgan fingerprint density at radius 2 is 1.71 bits per heavy atom. The van der Waals surface area contributed by atoms with E-state index >= 15 is 0 Å². The van der Waals surface area contributed by atoms with Gasteiger partial charge in [-0.15, -0.1) is 0 Å². The van der Waals surface area contributed by atoms with Crippen LogP contribution in [0.15, 0.2) is 54.6 Å². The second-order valence-electron chi connectivity index (χ2n) is 6.12. The molecule has 0 radical (unpaired) electrons. The molecule has 126 valence electrons. The fraction of sp³-hybridized carbons (Fsp3) is 0.316. The first-order valence-corrected chi connectivity index (χ1v) is 8.74. The molecule has 1 fully saturated rings. The van der Waals surface area contributed by atoms with Gasteiger partial charge in [0.15, 0.2) is 6.54 Å². The molecule has 0 spiro atoms. The standard InChI is InChI=1S/C19H22ClN3O/c20-18-9-5-4-6-16(18)14-21-19(24)15-22-10-12-23(13-11-22)17-7-2-1-3-8-17/h1-9H,10-15H2,(H,21,24)/p+1. The number of rotatable bonds is 5. The number of carbonyl (C=O) groups excluding carboxylic acids is 1. The molecule has 2 aromatic carbocycles. The number of hydrogen-bond donors (Lipinski definition) is 2. The molecule has 1 amide bonds. The van der Waals surface area contributed by atoms with Crippen LogP contribution in [0.4, 0.5) is 5.69 Å². The Balaban J connectivity index is 1.43. The lowest BCUT2D eigenvalue weighted by Crippen LogP contribution is -3.15. The van der Waals surface area contributed by atoms with Gasteiger partial charge in [0, 0.05) is 17.3 Å². The van der Waals surface area contributed by atoms with Crippen molar-refractivity contribution >= 4 is 23.2 Å². The Morgan fingerprint density at radius 3 is 2.42 bits per heavy atom. The predicted molar refractivity (Wildman–Crippen MR) is 97.5 cm³/mol. The lowest BCUT2D eigenvalue weighted by atomic mass is 10.2. The number of halogens is 1. The Kier molecular flexibility index (Phi) is 5.72. The van der Waals surface area contributed by atoms with Gasteiger partial charge in [-0.2, -0.15) is 0 Å². The van der Waals surface area contributed by atoms with E-state index in [0.29, 0.717) is 18.1 Å². The minimum absolute atomic E-state index is 0.0816. The second kappa shape index (κ2) is 8.18. The number of nitrogens with zero attached hydrogens (tertiary/aromatic N) is 1. The van der Waals surface area contributed by atoms with Gasteiger partial charge in [0.2, 0.25) is 0 Å². The fourth-order valence-electron chi connectivity index (χ4n) is 3.02. The van der Waals surface area contributed by atoms with Crippen molar-refractivity contribution in [1.82, 2.24) is 5.32 Å². The van der Waals surface area contributed by atoms with Crippen molar-refractivity contribution in [2.75, 3.05) is 37.6 Å². The van der Waals surface area contributed by atoms with Crippen molar-refractivity contribution in [3.63, 3.8) is 0 Å². The maximum atomic E-state index is 12.2. The molecule has 3 rings (SSSR count). The first-order chi connectivity index (χ1) is 11.7. The van der Waals surface area contributed by atoms with Gasteiger partial charge in [0.05, 0.1) is 26.2 Å². The van der Waals surface area contributed by atoms with E-state index in [1.807, 2.05) is 30.3 Å². The zero-order valence-electron chi connectivity index (χ0n) is 13.7. The molecule has 1 heterocycles. The first kappa shape index (κ1) is 16.8. The highest BCUT2D eigenvalue weighted by Crippen LogP contribution is 2.14. The van der Waals surface area contributed by atoms with Gasteiger partial charge in [-0.25, -0.2) is 0 Å². The third kappa shape index (κ3) is 4.49. The summed E-state index contributed by atoms with van der Waals surface area (Å²) in [7, 11) is 0. The number of benzene rings is 2. The normalized spacial score (nSPS) is 15.3. The van der Waals surface area contributed by atoms with Crippen LogP contribution >= 0.6 is 11.6 Å². The smallest absolute Gasteiger partial charge is 0.275 e. The molecule has 0 saturated carbocycles. The van der Waals surface area contributed by atoms with Gasteiger partial charge in [-0.3, -0.25) is 4.79 Å². The van der Waals surface area contributed by atoms with Crippen molar-refractivity contribution in [1.29, 1.82) is 0 Å². The molecule has 0 unspecified atom stereocenters. The van der Waals surface area contributed by atoms with Crippen LogP contribution in [-0.4, -0.2) is 38.6 Å².